The van der Waals surface area contributed by atoms with E-state index in [1.165, 1.54) is 32.1 Å². The number of rotatable bonds is 36. The van der Waals surface area contributed by atoms with Gasteiger partial charge in [-0.3, -0.25) is 4.79 Å². The van der Waals surface area contributed by atoms with Crippen LogP contribution in [0, 0.1) is 0 Å². The van der Waals surface area contributed by atoms with Gasteiger partial charge in [-0.25, -0.2) is 0 Å². The Morgan fingerprint density at radius 1 is 0.532 bits per heavy atom. The summed E-state index contributed by atoms with van der Waals surface area (Å²) < 4.78 is 34.2. The van der Waals surface area contributed by atoms with Gasteiger partial charge < -0.3 is 64.2 Å². The lowest BCUT2D eigenvalue weighted by Gasteiger charge is -2.42. The maximum absolute atomic E-state index is 12.9. The maximum Gasteiger partial charge on any atom is 0.306 e. The summed E-state index contributed by atoms with van der Waals surface area (Å²) in [4.78, 5) is 12.9. The molecule has 2 aliphatic rings. The van der Waals surface area contributed by atoms with Crippen molar-refractivity contribution >= 4 is 5.97 Å². The zero-order chi connectivity index (χ0) is 45.2. The molecule has 11 unspecified atom stereocenters. The summed E-state index contributed by atoms with van der Waals surface area (Å²) in [7, 11) is 0. The molecule has 2 aliphatic heterocycles. The normalized spacial score (nSPS) is 27.6. The van der Waals surface area contributed by atoms with Crippen molar-refractivity contribution in [3.05, 3.63) is 48.6 Å². The highest BCUT2D eigenvalue weighted by molar-refractivity contribution is 5.69. The van der Waals surface area contributed by atoms with E-state index in [0.717, 1.165) is 89.9 Å². The molecule has 0 bridgehead atoms. The average molecular weight is 885 g/mol. The first-order valence-corrected chi connectivity index (χ1v) is 23.7. The molecule has 360 valence electrons. The molecule has 0 spiro atoms. The molecule has 11 atom stereocenters. The Labute approximate surface area is 372 Å². The number of aliphatic hydroxyl groups is 7. The van der Waals surface area contributed by atoms with Crippen molar-refractivity contribution in [1.82, 2.24) is 0 Å². The quantitative estimate of drug-likeness (QED) is 0.0218. The molecule has 0 aromatic heterocycles. The van der Waals surface area contributed by atoms with Crippen LogP contribution in [0.1, 0.15) is 149 Å². The zero-order valence-corrected chi connectivity index (χ0v) is 37.8. The highest BCUT2D eigenvalue weighted by Crippen LogP contribution is 2.26. The van der Waals surface area contributed by atoms with Crippen molar-refractivity contribution in [3.63, 3.8) is 0 Å². The molecule has 14 heteroatoms. The van der Waals surface area contributed by atoms with Crippen LogP contribution in [0.5, 0.6) is 0 Å². The number of hydrogen-bond donors (Lipinski definition) is 7. The van der Waals surface area contributed by atoms with Gasteiger partial charge in [-0.15, -0.1) is 0 Å². The van der Waals surface area contributed by atoms with Crippen LogP contribution in [0.2, 0.25) is 0 Å². The largest absolute Gasteiger partial charge is 0.457 e. The predicted molar refractivity (Wildman–Crippen MR) is 238 cm³/mol. The van der Waals surface area contributed by atoms with Crippen molar-refractivity contribution < 1.29 is 69.0 Å². The molecule has 0 aromatic carbocycles. The molecule has 0 aromatic rings. The number of esters is 1. The SMILES string of the molecule is CCC/C=C\C/C=C\CCCCCCCCOCC(COC1OC(COC2OC(CO)C(O)C(O)C2O)C(O)C(O)C1O)OC(=O)CCCCCCC/C=C\C/C=C\CCCC. The number of allylic oxidation sites excluding steroid dienone is 8. The van der Waals surface area contributed by atoms with Crippen LogP contribution in [-0.4, -0.2) is 142 Å². The third-order valence-corrected chi connectivity index (χ3v) is 11.0. The fourth-order valence-electron chi connectivity index (χ4n) is 7.10. The van der Waals surface area contributed by atoms with E-state index >= 15 is 0 Å². The molecule has 0 saturated carbocycles. The fourth-order valence-corrected chi connectivity index (χ4v) is 7.10. The van der Waals surface area contributed by atoms with E-state index in [4.69, 9.17) is 28.4 Å². The van der Waals surface area contributed by atoms with Gasteiger partial charge in [-0.1, -0.05) is 127 Å². The van der Waals surface area contributed by atoms with E-state index in [1.807, 2.05) is 0 Å². The molecule has 2 saturated heterocycles. The van der Waals surface area contributed by atoms with Crippen LogP contribution in [-0.2, 0) is 33.2 Å². The molecule has 0 radical (unpaired) electrons. The predicted octanol–water partition coefficient (Wildman–Crippen LogP) is 6.01. The van der Waals surface area contributed by atoms with Crippen molar-refractivity contribution in [2.24, 2.45) is 0 Å². The molecule has 2 fully saturated rings. The van der Waals surface area contributed by atoms with Crippen molar-refractivity contribution in [2.45, 2.75) is 216 Å². The topological polar surface area (TPSA) is 214 Å². The van der Waals surface area contributed by atoms with Crippen LogP contribution in [0.25, 0.3) is 0 Å². The van der Waals surface area contributed by atoms with Crippen molar-refractivity contribution in [3.8, 4) is 0 Å². The van der Waals surface area contributed by atoms with Gasteiger partial charge in [-0.05, 0) is 64.2 Å². The standard InChI is InChI=1S/C48H84O14/c1-3-5-7-9-11-13-15-17-19-21-23-25-27-29-31-40(50)60-37(34-57-32-30-28-26-24-22-20-18-16-14-12-10-8-6-4-2)35-58-47-46(56)44(54)42(52)39(62-47)36-59-48-45(55)43(53)41(51)38(33-49)61-48/h8-11,14-17,37-39,41-49,51-56H,3-7,12-13,18-36H2,1-2H3/b10-8-,11-9-,16-14-,17-15-. The molecular formula is C48H84O14. The second-order valence-electron chi connectivity index (χ2n) is 16.6. The number of aliphatic hydroxyl groups excluding tert-OH is 7. The summed E-state index contributed by atoms with van der Waals surface area (Å²) in [6.07, 6.45) is 23.2. The van der Waals surface area contributed by atoms with Crippen LogP contribution < -0.4 is 0 Å². The summed E-state index contributed by atoms with van der Waals surface area (Å²) in [5, 5.41) is 72.0. The number of carbonyl (C=O) groups is 1. The van der Waals surface area contributed by atoms with Crippen molar-refractivity contribution in [2.75, 3.05) is 33.0 Å². The van der Waals surface area contributed by atoms with Gasteiger partial charge in [0.15, 0.2) is 12.6 Å². The average Bonchev–Trinajstić information content (AvgIpc) is 3.27. The second-order valence-corrected chi connectivity index (χ2v) is 16.6. The lowest BCUT2D eigenvalue weighted by Crippen LogP contribution is -2.61. The Balaban J connectivity index is 1.82. The molecule has 7 N–H and O–H groups in total. The Kier molecular flexibility index (Phi) is 32.7. The van der Waals surface area contributed by atoms with E-state index in [1.54, 1.807) is 0 Å². The minimum atomic E-state index is -1.71. The molecule has 0 amide bonds. The molecule has 0 aliphatic carbocycles. The van der Waals surface area contributed by atoms with Crippen molar-refractivity contribution in [1.29, 1.82) is 0 Å². The Bertz CT molecular complexity index is 1210. The zero-order valence-electron chi connectivity index (χ0n) is 37.8. The lowest BCUT2D eigenvalue weighted by molar-refractivity contribution is -0.332. The maximum atomic E-state index is 12.9. The summed E-state index contributed by atoms with van der Waals surface area (Å²) >= 11 is 0. The smallest absolute Gasteiger partial charge is 0.306 e. The third-order valence-electron chi connectivity index (χ3n) is 11.0. The summed E-state index contributed by atoms with van der Waals surface area (Å²) in [6, 6.07) is 0. The molecule has 2 heterocycles. The number of carbonyl (C=O) groups excluding carboxylic acids is 1. The van der Waals surface area contributed by atoms with E-state index in [2.05, 4.69) is 62.5 Å². The highest BCUT2D eigenvalue weighted by Gasteiger charge is 2.47. The number of hydrogen-bond acceptors (Lipinski definition) is 14. The highest BCUT2D eigenvalue weighted by atomic mass is 16.7. The van der Waals surface area contributed by atoms with Gasteiger partial charge in [0.2, 0.25) is 0 Å². The van der Waals surface area contributed by atoms with Gasteiger partial charge in [0.1, 0.15) is 54.9 Å². The molecule has 14 nitrogen and oxygen atoms in total. The molecular weight excluding hydrogens is 801 g/mol. The van der Waals surface area contributed by atoms with Gasteiger partial charge >= 0.3 is 5.97 Å². The van der Waals surface area contributed by atoms with E-state index in [0.29, 0.717) is 13.0 Å². The lowest BCUT2D eigenvalue weighted by atomic mass is 9.98. The summed E-state index contributed by atoms with van der Waals surface area (Å²) in [5.41, 5.74) is 0. The summed E-state index contributed by atoms with van der Waals surface area (Å²) in [6.45, 7) is 3.52. The summed E-state index contributed by atoms with van der Waals surface area (Å²) in [5.74, 6) is -0.397. The van der Waals surface area contributed by atoms with Crippen LogP contribution >= 0.6 is 0 Å². The minimum Gasteiger partial charge on any atom is -0.457 e. The van der Waals surface area contributed by atoms with Gasteiger partial charge in [-0.2, -0.15) is 0 Å². The minimum absolute atomic E-state index is 0.0470. The fraction of sp³-hybridized carbons (Fsp3) is 0.812. The van der Waals surface area contributed by atoms with Gasteiger partial charge in [0.25, 0.3) is 0 Å². The first-order chi connectivity index (χ1) is 30.1. The first-order valence-electron chi connectivity index (χ1n) is 23.7. The Morgan fingerprint density at radius 2 is 1.03 bits per heavy atom. The monoisotopic (exact) mass is 885 g/mol. The first kappa shape index (κ1) is 56.1. The van der Waals surface area contributed by atoms with Gasteiger partial charge in [0, 0.05) is 13.0 Å². The van der Waals surface area contributed by atoms with E-state index in [9.17, 15) is 40.5 Å². The molecule has 62 heavy (non-hydrogen) atoms. The van der Waals surface area contributed by atoms with Gasteiger partial charge in [0.05, 0.1) is 26.4 Å². The van der Waals surface area contributed by atoms with Crippen LogP contribution in [0.4, 0.5) is 0 Å². The Morgan fingerprint density at radius 3 is 1.61 bits per heavy atom. The molecule has 2 rings (SSSR count). The number of unbranched alkanes of at least 4 members (excludes halogenated alkanes) is 14. The van der Waals surface area contributed by atoms with Crippen LogP contribution in [0.15, 0.2) is 48.6 Å². The number of ether oxygens (including phenoxy) is 6. The second kappa shape index (κ2) is 36.2. The third kappa shape index (κ3) is 24.3. The van der Waals surface area contributed by atoms with E-state index in [-0.39, 0.29) is 19.6 Å². The van der Waals surface area contributed by atoms with E-state index < -0.39 is 86.7 Å². The van der Waals surface area contributed by atoms with Crippen LogP contribution in [0.3, 0.4) is 0 Å². The Hall–Kier alpha value is -2.05.